The highest BCUT2D eigenvalue weighted by Crippen LogP contribution is 2.40. The number of ether oxygens (including phenoxy) is 2. The molecule has 2 atom stereocenters. The second-order valence-electron chi connectivity index (χ2n) is 7.20. The molecular formula is C20H24ClF3N4O5. The number of aliphatic imine (C=N–C) groups is 1. The van der Waals surface area contributed by atoms with Crippen molar-refractivity contribution >= 4 is 35.5 Å². The number of benzene rings is 1. The van der Waals surface area contributed by atoms with Gasteiger partial charge in [0.25, 0.3) is 5.91 Å². The first-order valence-corrected chi connectivity index (χ1v) is 10.2. The third-order valence-electron chi connectivity index (χ3n) is 4.75. The molecule has 2 rings (SSSR count). The third-order valence-corrected chi connectivity index (χ3v) is 4.96. The van der Waals surface area contributed by atoms with Crippen molar-refractivity contribution in [1.29, 1.82) is 0 Å². The summed E-state index contributed by atoms with van der Waals surface area (Å²) in [7, 11) is 1.10. The molecule has 1 heterocycles. The molecule has 1 aromatic rings. The van der Waals surface area contributed by atoms with Gasteiger partial charge < -0.3 is 20.5 Å². The van der Waals surface area contributed by atoms with Crippen LogP contribution in [0.25, 0.3) is 6.08 Å². The van der Waals surface area contributed by atoms with E-state index in [0.717, 1.165) is 13.2 Å². The van der Waals surface area contributed by atoms with Gasteiger partial charge in [-0.1, -0.05) is 11.6 Å². The average Bonchev–Trinajstić information content (AvgIpc) is 2.75. The van der Waals surface area contributed by atoms with Gasteiger partial charge in [-0.25, -0.2) is 10.3 Å². The highest BCUT2D eigenvalue weighted by molar-refractivity contribution is 6.30. The summed E-state index contributed by atoms with van der Waals surface area (Å²) >= 11 is 5.99. The lowest BCUT2D eigenvalue weighted by Gasteiger charge is -2.30. The van der Waals surface area contributed by atoms with E-state index in [4.69, 9.17) is 27.3 Å². The maximum atomic E-state index is 13.7. The van der Waals surface area contributed by atoms with Crippen LogP contribution in [-0.4, -0.2) is 55.0 Å². The second kappa shape index (κ2) is 11.2. The number of carbonyl (C=O) groups excluding carboxylic acids is 2. The van der Waals surface area contributed by atoms with E-state index < -0.39 is 35.8 Å². The molecule has 1 aliphatic heterocycles. The lowest BCUT2D eigenvalue weighted by molar-refractivity contribution is -0.185. The number of halogens is 4. The number of amides is 1. The molecule has 1 unspecified atom stereocenters. The Kier molecular flexibility index (Phi) is 8.94. The number of methoxy groups -OCH3 is 1. The maximum Gasteiger partial charge on any atom is 0.429 e. The number of carbonyl (C=O) groups is 2. The zero-order valence-corrected chi connectivity index (χ0v) is 18.6. The molecule has 1 amide bonds. The van der Waals surface area contributed by atoms with Crippen LogP contribution in [0.3, 0.4) is 0 Å². The van der Waals surface area contributed by atoms with Gasteiger partial charge in [0.2, 0.25) is 12.1 Å². The van der Waals surface area contributed by atoms with Gasteiger partial charge in [-0.05, 0) is 50.0 Å². The lowest BCUT2D eigenvalue weighted by Crippen LogP contribution is -2.48. The van der Waals surface area contributed by atoms with Crippen LogP contribution in [0.5, 0.6) is 5.75 Å². The number of aryl methyl sites for hydroxylation is 1. The van der Waals surface area contributed by atoms with Crippen LogP contribution < -0.4 is 21.3 Å². The third kappa shape index (κ3) is 6.99. The van der Waals surface area contributed by atoms with Crippen LogP contribution >= 0.6 is 11.6 Å². The monoisotopic (exact) mass is 492 g/mol. The smallest absolute Gasteiger partial charge is 0.429 e. The van der Waals surface area contributed by atoms with Gasteiger partial charge >= 0.3 is 12.1 Å². The summed E-state index contributed by atoms with van der Waals surface area (Å²) in [6.07, 6.45) is -5.49. The molecule has 13 heteroatoms. The minimum absolute atomic E-state index is 0.0278. The lowest BCUT2D eigenvalue weighted by atomic mass is 9.98. The molecule has 1 aromatic carbocycles. The molecule has 0 aromatic heterocycles. The highest BCUT2D eigenvalue weighted by atomic mass is 35.5. The van der Waals surface area contributed by atoms with E-state index >= 15 is 0 Å². The normalized spacial score (nSPS) is 16.8. The van der Waals surface area contributed by atoms with Gasteiger partial charge in [0.05, 0.1) is 12.7 Å². The highest BCUT2D eigenvalue weighted by Gasteiger charge is 2.49. The number of nitrogens with one attached hydrogen (secondary N) is 2. The molecule has 9 nitrogen and oxygen atoms in total. The number of hydroxylamine groups is 1. The predicted octanol–water partition coefficient (Wildman–Crippen LogP) is 2.48. The fourth-order valence-electron chi connectivity index (χ4n) is 3.20. The van der Waals surface area contributed by atoms with E-state index in [1.807, 2.05) is 0 Å². The summed E-state index contributed by atoms with van der Waals surface area (Å²) in [5.41, 5.74) is 6.83. The fourth-order valence-corrected chi connectivity index (χ4v) is 3.49. The Morgan fingerprint density at radius 1 is 1.36 bits per heavy atom. The van der Waals surface area contributed by atoms with E-state index in [9.17, 15) is 22.8 Å². The quantitative estimate of drug-likeness (QED) is 0.144. The molecular weight excluding hydrogens is 469 g/mol. The SMILES string of the molecule is COC(=O)C(CCCCN=C(N)NO)NC(=O)C1=Cc2cc(Cl)cc(C)c2O[C@@H]1C(F)(F)F. The zero-order chi connectivity index (χ0) is 24.8. The van der Waals surface area contributed by atoms with E-state index in [0.29, 0.717) is 18.4 Å². The number of hydrogen-bond donors (Lipinski definition) is 4. The Balaban J connectivity index is 2.22. The van der Waals surface area contributed by atoms with E-state index in [-0.39, 0.29) is 35.3 Å². The number of alkyl halides is 3. The van der Waals surface area contributed by atoms with Crippen LogP contribution in [-0.2, 0) is 14.3 Å². The molecule has 0 saturated heterocycles. The van der Waals surface area contributed by atoms with Crippen LogP contribution in [0.4, 0.5) is 13.2 Å². The molecule has 5 N–H and O–H groups in total. The van der Waals surface area contributed by atoms with E-state index in [2.05, 4.69) is 15.0 Å². The molecule has 0 bridgehead atoms. The van der Waals surface area contributed by atoms with Crippen molar-refractivity contribution in [3.63, 3.8) is 0 Å². The van der Waals surface area contributed by atoms with Crippen molar-refractivity contribution in [2.24, 2.45) is 10.7 Å². The molecule has 0 saturated carbocycles. The first-order chi connectivity index (χ1) is 15.5. The molecule has 0 radical (unpaired) electrons. The molecule has 33 heavy (non-hydrogen) atoms. The van der Waals surface area contributed by atoms with Crippen molar-refractivity contribution in [3.05, 3.63) is 33.9 Å². The van der Waals surface area contributed by atoms with Crippen molar-refractivity contribution in [2.45, 2.75) is 44.5 Å². The number of nitrogens with two attached hydrogens (primary N) is 1. The molecule has 0 spiro atoms. The van der Waals surface area contributed by atoms with Crippen LogP contribution in [0, 0.1) is 6.92 Å². The summed E-state index contributed by atoms with van der Waals surface area (Å²) in [5, 5.41) is 11.1. The van der Waals surface area contributed by atoms with Crippen molar-refractivity contribution in [2.75, 3.05) is 13.7 Å². The molecule has 0 aliphatic carbocycles. The number of nitrogens with zero attached hydrogens (tertiary/aromatic N) is 1. The minimum atomic E-state index is -4.88. The Morgan fingerprint density at radius 2 is 2.06 bits per heavy atom. The van der Waals surface area contributed by atoms with Gasteiger partial charge in [0.15, 0.2) is 0 Å². The number of unbranched alkanes of at least 4 members (excludes halogenated alkanes) is 1. The van der Waals surface area contributed by atoms with Crippen LogP contribution in [0.1, 0.15) is 30.4 Å². The number of fused-ring (bicyclic) bond motifs is 1. The topological polar surface area (TPSA) is 135 Å². The predicted molar refractivity (Wildman–Crippen MR) is 114 cm³/mol. The van der Waals surface area contributed by atoms with Gasteiger partial charge in [-0.15, -0.1) is 0 Å². The van der Waals surface area contributed by atoms with Crippen molar-refractivity contribution < 1.29 is 37.4 Å². The summed E-state index contributed by atoms with van der Waals surface area (Å²) in [6.45, 7) is 1.76. The first-order valence-electron chi connectivity index (χ1n) is 9.81. The molecule has 0 fully saturated rings. The van der Waals surface area contributed by atoms with Gasteiger partial charge in [0.1, 0.15) is 11.8 Å². The maximum absolute atomic E-state index is 13.7. The zero-order valence-electron chi connectivity index (χ0n) is 17.8. The van der Waals surface area contributed by atoms with Gasteiger partial charge in [-0.2, -0.15) is 13.2 Å². The summed E-state index contributed by atoms with van der Waals surface area (Å²) in [6, 6.07) is 1.64. The Bertz CT molecular complexity index is 952. The minimum Gasteiger partial charge on any atom is -0.475 e. The summed E-state index contributed by atoms with van der Waals surface area (Å²) < 4.78 is 50.9. The largest absolute Gasteiger partial charge is 0.475 e. The number of hydrogen-bond acceptors (Lipinski definition) is 6. The summed E-state index contributed by atoms with van der Waals surface area (Å²) in [5.74, 6) is -2.16. The van der Waals surface area contributed by atoms with E-state index in [1.54, 1.807) is 12.4 Å². The Hall–Kier alpha value is -2.99. The number of rotatable bonds is 8. The van der Waals surface area contributed by atoms with Gasteiger partial charge in [-0.3, -0.25) is 15.0 Å². The van der Waals surface area contributed by atoms with Crippen molar-refractivity contribution in [3.8, 4) is 5.75 Å². The summed E-state index contributed by atoms with van der Waals surface area (Å²) in [4.78, 5) is 28.7. The number of esters is 1. The Labute approximate surface area is 192 Å². The van der Waals surface area contributed by atoms with Crippen LogP contribution in [0.2, 0.25) is 5.02 Å². The average molecular weight is 493 g/mol. The fraction of sp³-hybridized carbons (Fsp3) is 0.450. The molecule has 1 aliphatic rings. The molecule has 182 valence electrons. The van der Waals surface area contributed by atoms with E-state index in [1.165, 1.54) is 12.1 Å². The first kappa shape index (κ1) is 26.3. The standard InChI is InChI=1S/C20H24ClF3N4O5/c1-10-7-12(21)8-11-9-13(16(20(22,23)24)33-15(10)11)17(29)27-14(18(30)32-2)5-3-4-6-26-19(25)28-31/h7-9,14,16,31H,3-6H2,1-2H3,(H,27,29)(H3,25,26,28)/t14?,16-/m0/s1. The van der Waals surface area contributed by atoms with Crippen molar-refractivity contribution in [1.82, 2.24) is 10.8 Å². The van der Waals surface area contributed by atoms with Gasteiger partial charge in [0, 0.05) is 17.1 Å². The second-order valence-corrected chi connectivity index (χ2v) is 7.64. The van der Waals surface area contributed by atoms with Crippen LogP contribution in [0.15, 0.2) is 22.7 Å². The Morgan fingerprint density at radius 3 is 2.67 bits per heavy atom. The number of guanidine groups is 1.